The van der Waals surface area contributed by atoms with E-state index in [2.05, 4.69) is 10.9 Å². The summed E-state index contributed by atoms with van der Waals surface area (Å²) in [7, 11) is 1.52. The second kappa shape index (κ2) is 7.78. The SMILES string of the molecule is C/C=C\C(=C/C)C(=O)NNC(=O)c1cccc(OC)c1. The fraction of sp³-hybridized carbons (Fsp3) is 0.200. The van der Waals surface area contributed by atoms with Crippen LogP contribution in [0.2, 0.25) is 0 Å². The van der Waals surface area contributed by atoms with Gasteiger partial charge in [-0.15, -0.1) is 0 Å². The van der Waals surface area contributed by atoms with Crippen LogP contribution in [0.4, 0.5) is 0 Å². The number of carbonyl (C=O) groups is 2. The van der Waals surface area contributed by atoms with Gasteiger partial charge in [0.05, 0.1) is 7.11 Å². The van der Waals surface area contributed by atoms with Crippen LogP contribution in [0.3, 0.4) is 0 Å². The molecule has 0 radical (unpaired) electrons. The molecule has 1 aromatic rings. The molecule has 5 nitrogen and oxygen atoms in total. The quantitative estimate of drug-likeness (QED) is 0.501. The number of hydrogen-bond acceptors (Lipinski definition) is 3. The molecule has 0 aliphatic rings. The van der Waals surface area contributed by atoms with Crippen molar-refractivity contribution in [3.05, 3.63) is 53.6 Å². The number of hydrogen-bond donors (Lipinski definition) is 2. The van der Waals surface area contributed by atoms with Crippen LogP contribution in [-0.2, 0) is 4.79 Å². The standard InChI is InChI=1S/C15H18N2O3/c1-4-7-11(5-2)14(18)16-17-15(19)12-8-6-9-13(10-12)20-3/h4-10H,1-3H3,(H,16,18)(H,17,19)/b7-4-,11-5+. The van der Waals surface area contributed by atoms with E-state index in [4.69, 9.17) is 4.74 Å². The maximum Gasteiger partial charge on any atom is 0.269 e. The Morgan fingerprint density at radius 1 is 1.20 bits per heavy atom. The van der Waals surface area contributed by atoms with Gasteiger partial charge in [-0.1, -0.05) is 24.3 Å². The fourth-order valence-corrected chi connectivity index (χ4v) is 1.50. The Morgan fingerprint density at radius 3 is 2.55 bits per heavy atom. The lowest BCUT2D eigenvalue weighted by atomic mass is 10.2. The lowest BCUT2D eigenvalue weighted by molar-refractivity contribution is -0.117. The van der Waals surface area contributed by atoms with Gasteiger partial charge in [-0.2, -0.15) is 0 Å². The molecule has 20 heavy (non-hydrogen) atoms. The summed E-state index contributed by atoms with van der Waals surface area (Å²) < 4.78 is 5.03. The third kappa shape index (κ3) is 4.28. The molecule has 2 N–H and O–H groups in total. The van der Waals surface area contributed by atoms with Gasteiger partial charge in [0.15, 0.2) is 0 Å². The fourth-order valence-electron chi connectivity index (χ4n) is 1.50. The third-order valence-electron chi connectivity index (χ3n) is 2.54. The molecule has 0 saturated carbocycles. The van der Waals surface area contributed by atoms with Gasteiger partial charge in [-0.3, -0.25) is 20.4 Å². The van der Waals surface area contributed by atoms with Crippen LogP contribution in [-0.4, -0.2) is 18.9 Å². The van der Waals surface area contributed by atoms with Gasteiger partial charge < -0.3 is 4.74 Å². The summed E-state index contributed by atoms with van der Waals surface area (Å²) in [5, 5.41) is 0. The maximum atomic E-state index is 11.9. The minimum absolute atomic E-state index is 0.373. The van der Waals surface area contributed by atoms with Gasteiger partial charge in [-0.25, -0.2) is 0 Å². The molecular weight excluding hydrogens is 256 g/mol. The first-order valence-electron chi connectivity index (χ1n) is 6.16. The third-order valence-corrected chi connectivity index (χ3v) is 2.54. The van der Waals surface area contributed by atoms with E-state index in [1.807, 2.05) is 6.92 Å². The number of hydrazine groups is 1. The Balaban J connectivity index is 2.65. The molecular formula is C15H18N2O3. The largest absolute Gasteiger partial charge is 0.497 e. The molecule has 0 aliphatic carbocycles. The predicted molar refractivity (Wildman–Crippen MR) is 77.2 cm³/mol. The monoisotopic (exact) mass is 274 g/mol. The van der Waals surface area contributed by atoms with Gasteiger partial charge in [0, 0.05) is 11.1 Å². The lowest BCUT2D eigenvalue weighted by Gasteiger charge is -2.08. The average molecular weight is 274 g/mol. The van der Waals surface area contributed by atoms with Crippen molar-refractivity contribution in [2.75, 3.05) is 7.11 Å². The summed E-state index contributed by atoms with van der Waals surface area (Å²) in [4.78, 5) is 23.6. The van der Waals surface area contributed by atoms with Crippen LogP contribution in [0.25, 0.3) is 0 Å². The van der Waals surface area contributed by atoms with Gasteiger partial charge in [0.25, 0.3) is 11.8 Å². The summed E-state index contributed by atoms with van der Waals surface area (Å²) in [6.07, 6.45) is 5.07. The molecule has 0 heterocycles. The molecule has 2 amide bonds. The maximum absolute atomic E-state index is 11.9. The molecule has 0 unspecified atom stereocenters. The first-order chi connectivity index (χ1) is 9.62. The summed E-state index contributed by atoms with van der Waals surface area (Å²) >= 11 is 0. The van der Waals surface area contributed by atoms with E-state index in [9.17, 15) is 9.59 Å². The Hall–Kier alpha value is -2.56. The zero-order chi connectivity index (χ0) is 15.0. The van der Waals surface area contributed by atoms with Crippen molar-refractivity contribution in [2.45, 2.75) is 13.8 Å². The number of carbonyl (C=O) groups excluding carboxylic acids is 2. The molecule has 1 aromatic carbocycles. The molecule has 0 fully saturated rings. The Bertz CT molecular complexity index is 548. The van der Waals surface area contributed by atoms with E-state index in [0.717, 1.165) is 0 Å². The Labute approximate surface area is 118 Å². The van der Waals surface area contributed by atoms with E-state index in [-0.39, 0.29) is 5.91 Å². The van der Waals surface area contributed by atoms with Crippen LogP contribution < -0.4 is 15.6 Å². The number of ether oxygens (including phenoxy) is 1. The number of nitrogens with one attached hydrogen (secondary N) is 2. The normalized spacial score (nSPS) is 11.2. The van der Waals surface area contributed by atoms with Gasteiger partial charge in [0.1, 0.15) is 5.75 Å². The number of rotatable bonds is 4. The van der Waals surface area contributed by atoms with Gasteiger partial charge >= 0.3 is 0 Å². The minimum Gasteiger partial charge on any atom is -0.497 e. The van der Waals surface area contributed by atoms with Crippen molar-refractivity contribution in [3.8, 4) is 5.75 Å². The number of methoxy groups -OCH3 is 1. The van der Waals surface area contributed by atoms with Crippen molar-refractivity contribution < 1.29 is 14.3 Å². The van der Waals surface area contributed by atoms with Crippen LogP contribution >= 0.6 is 0 Å². The van der Waals surface area contributed by atoms with Gasteiger partial charge in [0.2, 0.25) is 0 Å². The second-order valence-corrected chi connectivity index (χ2v) is 3.88. The van der Waals surface area contributed by atoms with Gasteiger partial charge in [-0.05, 0) is 32.0 Å². The summed E-state index contributed by atoms with van der Waals surface area (Å²) in [5.74, 6) is -0.206. The van der Waals surface area contributed by atoms with E-state index in [0.29, 0.717) is 16.9 Å². The number of amides is 2. The highest BCUT2D eigenvalue weighted by atomic mass is 16.5. The van der Waals surface area contributed by atoms with Crippen LogP contribution in [0, 0.1) is 0 Å². The predicted octanol–water partition coefficient (Wildman–Crippen LogP) is 1.98. The van der Waals surface area contributed by atoms with Crippen LogP contribution in [0.1, 0.15) is 24.2 Å². The smallest absolute Gasteiger partial charge is 0.269 e. The van der Waals surface area contributed by atoms with Crippen molar-refractivity contribution in [3.63, 3.8) is 0 Å². The van der Waals surface area contributed by atoms with Crippen LogP contribution in [0.15, 0.2) is 48.1 Å². The van der Waals surface area contributed by atoms with Crippen molar-refractivity contribution in [1.29, 1.82) is 0 Å². The molecule has 0 atom stereocenters. The van der Waals surface area contributed by atoms with Crippen molar-refractivity contribution >= 4 is 11.8 Å². The molecule has 0 bridgehead atoms. The second-order valence-electron chi connectivity index (χ2n) is 3.88. The Kier molecular flexibility index (Phi) is 6.03. The van der Waals surface area contributed by atoms with Crippen molar-refractivity contribution in [2.24, 2.45) is 0 Å². The first-order valence-corrected chi connectivity index (χ1v) is 6.16. The summed E-state index contributed by atoms with van der Waals surface area (Å²) in [5.41, 5.74) is 5.58. The highest BCUT2D eigenvalue weighted by Crippen LogP contribution is 2.12. The molecule has 0 aliphatic heterocycles. The van der Waals surface area contributed by atoms with Crippen molar-refractivity contribution in [1.82, 2.24) is 10.9 Å². The number of benzene rings is 1. The van der Waals surface area contributed by atoms with E-state index in [1.165, 1.54) is 7.11 Å². The molecule has 5 heteroatoms. The highest BCUT2D eigenvalue weighted by Gasteiger charge is 2.09. The highest BCUT2D eigenvalue weighted by molar-refractivity contribution is 6.00. The molecule has 0 aromatic heterocycles. The minimum atomic E-state index is -0.409. The first kappa shape index (κ1) is 15.5. The van der Waals surface area contributed by atoms with Crippen LogP contribution in [0.5, 0.6) is 5.75 Å². The van der Waals surface area contributed by atoms with E-state index in [1.54, 1.807) is 49.4 Å². The molecule has 0 saturated heterocycles. The lowest BCUT2D eigenvalue weighted by Crippen LogP contribution is -2.42. The van der Waals surface area contributed by atoms with E-state index >= 15 is 0 Å². The number of allylic oxidation sites excluding steroid dienone is 2. The molecule has 1 rings (SSSR count). The molecule has 0 spiro atoms. The average Bonchev–Trinajstić information content (AvgIpc) is 2.49. The summed E-state index contributed by atoms with van der Waals surface area (Å²) in [6, 6.07) is 6.66. The zero-order valence-corrected chi connectivity index (χ0v) is 11.8. The van der Waals surface area contributed by atoms with E-state index < -0.39 is 5.91 Å². The molecule has 106 valence electrons. The topological polar surface area (TPSA) is 67.4 Å². The summed E-state index contributed by atoms with van der Waals surface area (Å²) in [6.45, 7) is 3.56. The zero-order valence-electron chi connectivity index (χ0n) is 11.8. The Morgan fingerprint density at radius 2 is 1.95 bits per heavy atom.